The van der Waals surface area contributed by atoms with Crippen molar-refractivity contribution in [2.45, 2.75) is 37.1 Å². The second-order valence-corrected chi connectivity index (χ2v) is 9.10. The summed E-state index contributed by atoms with van der Waals surface area (Å²) in [5.41, 5.74) is 3.94. The largest absolute Gasteiger partial charge is 0.478 e. The van der Waals surface area contributed by atoms with Gasteiger partial charge in [0.2, 0.25) is 0 Å². The van der Waals surface area contributed by atoms with Gasteiger partial charge in [-0.2, -0.15) is 0 Å². The number of rotatable bonds is 5. The number of anilines is 1. The Balaban J connectivity index is 1.46. The van der Waals surface area contributed by atoms with Gasteiger partial charge in [0.1, 0.15) is 5.82 Å². The van der Waals surface area contributed by atoms with E-state index in [1.807, 2.05) is 42.5 Å². The van der Waals surface area contributed by atoms with Gasteiger partial charge in [0, 0.05) is 22.9 Å². The Hall–Kier alpha value is -3.64. The number of carbonyl (C=O) groups is 2. The third-order valence-corrected chi connectivity index (χ3v) is 6.58. The number of allylic oxidation sites excluding steroid dienone is 4. The number of nitrogens with one attached hydrogen (secondary N) is 1. The molecule has 34 heavy (non-hydrogen) atoms. The normalized spacial score (nSPS) is 18.1. The lowest BCUT2D eigenvalue weighted by atomic mass is 10.1. The second-order valence-electron chi connectivity index (χ2n) is 8.59. The second kappa shape index (κ2) is 9.31. The molecule has 1 unspecified atom stereocenters. The average Bonchev–Trinajstić information content (AvgIpc) is 3.43. The molecule has 5 rings (SSSR count). The number of aromatic carboxylic acids is 1. The molecule has 2 aliphatic carbocycles. The number of halogens is 1. The lowest BCUT2D eigenvalue weighted by molar-refractivity contribution is -0.112. The van der Waals surface area contributed by atoms with Crippen molar-refractivity contribution in [1.29, 1.82) is 0 Å². The maximum absolute atomic E-state index is 12.7. The molecular weight excluding hydrogens is 450 g/mol. The van der Waals surface area contributed by atoms with Crippen molar-refractivity contribution in [2.24, 2.45) is 0 Å². The van der Waals surface area contributed by atoms with Gasteiger partial charge in [-0.15, -0.1) is 11.6 Å². The van der Waals surface area contributed by atoms with Crippen LogP contribution in [0.5, 0.6) is 0 Å². The van der Waals surface area contributed by atoms with Gasteiger partial charge < -0.3 is 15.0 Å². The molecule has 1 fully saturated rings. The van der Waals surface area contributed by atoms with Crippen LogP contribution in [0.4, 0.5) is 5.69 Å². The first-order valence-corrected chi connectivity index (χ1v) is 11.8. The smallest absolute Gasteiger partial charge is 0.335 e. The van der Waals surface area contributed by atoms with Crippen LogP contribution in [0.3, 0.4) is 0 Å². The van der Waals surface area contributed by atoms with Gasteiger partial charge in [-0.1, -0.05) is 37.1 Å². The maximum Gasteiger partial charge on any atom is 0.335 e. The zero-order chi connectivity index (χ0) is 23.7. The molecule has 1 saturated carbocycles. The number of amides is 1. The van der Waals surface area contributed by atoms with Crippen LogP contribution in [0.1, 0.15) is 42.1 Å². The molecule has 0 bridgehead atoms. The van der Waals surface area contributed by atoms with Gasteiger partial charge in [0.25, 0.3) is 5.91 Å². The fourth-order valence-corrected chi connectivity index (χ4v) is 4.86. The Morgan fingerprint density at radius 1 is 1.06 bits per heavy atom. The zero-order valence-electron chi connectivity index (χ0n) is 18.4. The highest BCUT2D eigenvalue weighted by molar-refractivity contribution is 6.23. The van der Waals surface area contributed by atoms with Gasteiger partial charge in [-0.3, -0.25) is 4.79 Å². The van der Waals surface area contributed by atoms with Gasteiger partial charge in [0.15, 0.2) is 0 Å². The average molecular weight is 474 g/mol. The molecule has 0 spiro atoms. The minimum absolute atomic E-state index is 0.224. The number of fused-ring (bicyclic) bond motifs is 1. The quantitative estimate of drug-likeness (QED) is 0.437. The van der Waals surface area contributed by atoms with Crippen LogP contribution in [0.15, 0.2) is 78.4 Å². The van der Waals surface area contributed by atoms with Crippen LogP contribution in [0, 0.1) is 0 Å². The van der Waals surface area contributed by atoms with Crippen molar-refractivity contribution in [1.82, 2.24) is 9.55 Å². The first-order valence-electron chi connectivity index (χ1n) is 11.4. The first kappa shape index (κ1) is 22.2. The van der Waals surface area contributed by atoms with E-state index in [0.717, 1.165) is 29.7 Å². The Morgan fingerprint density at radius 2 is 1.82 bits per heavy atom. The summed E-state index contributed by atoms with van der Waals surface area (Å²) in [6.45, 7) is 0. The predicted molar refractivity (Wildman–Crippen MR) is 134 cm³/mol. The Morgan fingerprint density at radius 3 is 2.56 bits per heavy atom. The molecule has 2 N–H and O–H groups in total. The van der Waals surface area contributed by atoms with E-state index >= 15 is 0 Å². The van der Waals surface area contributed by atoms with E-state index in [1.54, 1.807) is 30.4 Å². The van der Waals surface area contributed by atoms with Crippen molar-refractivity contribution in [3.63, 3.8) is 0 Å². The number of imidazole rings is 1. The highest BCUT2D eigenvalue weighted by Gasteiger charge is 2.24. The molecule has 1 amide bonds. The maximum atomic E-state index is 12.7. The lowest BCUT2D eigenvalue weighted by Gasteiger charge is -2.17. The molecule has 6 nitrogen and oxygen atoms in total. The van der Waals surface area contributed by atoms with Crippen LogP contribution in [0.2, 0.25) is 0 Å². The molecule has 1 atom stereocenters. The van der Waals surface area contributed by atoms with E-state index in [1.165, 1.54) is 12.8 Å². The summed E-state index contributed by atoms with van der Waals surface area (Å²) in [7, 11) is 0. The molecule has 1 aromatic heterocycles. The minimum Gasteiger partial charge on any atom is -0.478 e. The molecule has 0 aliphatic heterocycles. The summed E-state index contributed by atoms with van der Waals surface area (Å²) >= 11 is 6.16. The number of benzene rings is 2. The number of carbonyl (C=O) groups excluding carboxylic acids is 1. The van der Waals surface area contributed by atoms with Crippen molar-refractivity contribution in [3.05, 3.63) is 84.0 Å². The summed E-state index contributed by atoms with van der Waals surface area (Å²) in [6.07, 6.45) is 13.4. The number of alkyl halides is 1. The van der Waals surface area contributed by atoms with Crippen LogP contribution in [-0.4, -0.2) is 31.9 Å². The van der Waals surface area contributed by atoms with Crippen molar-refractivity contribution < 1.29 is 14.7 Å². The molecule has 0 saturated heterocycles. The fraction of sp³-hybridized carbons (Fsp3) is 0.222. The highest BCUT2D eigenvalue weighted by Crippen LogP contribution is 2.37. The van der Waals surface area contributed by atoms with Crippen molar-refractivity contribution >= 4 is 40.2 Å². The Labute approximate surface area is 202 Å². The lowest BCUT2D eigenvalue weighted by Crippen LogP contribution is -2.14. The van der Waals surface area contributed by atoms with Crippen molar-refractivity contribution in [3.8, 4) is 11.4 Å². The van der Waals surface area contributed by atoms with E-state index in [9.17, 15) is 14.7 Å². The van der Waals surface area contributed by atoms with E-state index in [0.29, 0.717) is 22.8 Å². The van der Waals surface area contributed by atoms with Gasteiger partial charge in [-0.05, 0) is 61.4 Å². The highest BCUT2D eigenvalue weighted by atomic mass is 35.5. The first-order chi connectivity index (χ1) is 16.5. The SMILES string of the molecule is O=C(Nc1ccc(-c2nc3cc(C(=O)O)ccc3n2C2CCCC2)cc1)C1=CC(Cl)C=CC=C1. The monoisotopic (exact) mass is 473 g/mol. The molecule has 7 heteroatoms. The Bertz CT molecular complexity index is 1350. The number of hydrogen-bond acceptors (Lipinski definition) is 3. The van der Waals surface area contributed by atoms with Crippen molar-refractivity contribution in [2.75, 3.05) is 5.32 Å². The summed E-state index contributed by atoms with van der Waals surface area (Å²) in [6, 6.07) is 13.0. The summed E-state index contributed by atoms with van der Waals surface area (Å²) in [5.74, 6) is -0.376. The third kappa shape index (κ3) is 4.41. The topological polar surface area (TPSA) is 84.2 Å². The van der Waals surface area contributed by atoms with Crippen LogP contribution < -0.4 is 5.32 Å². The number of aromatic nitrogens is 2. The molecule has 2 aromatic carbocycles. The molecule has 3 aromatic rings. The Kier molecular flexibility index (Phi) is 6.07. The summed E-state index contributed by atoms with van der Waals surface area (Å²) < 4.78 is 2.25. The summed E-state index contributed by atoms with van der Waals surface area (Å²) in [4.78, 5) is 28.9. The molecule has 172 valence electrons. The third-order valence-electron chi connectivity index (χ3n) is 6.31. The van der Waals surface area contributed by atoms with Crippen LogP contribution in [0.25, 0.3) is 22.4 Å². The fourth-order valence-electron chi connectivity index (χ4n) is 4.64. The standard InChI is InChI=1S/C27H24ClN3O3/c28-20-6-2-1-5-18(15-20)26(32)29-21-12-9-17(10-13-21)25-30-23-16-19(27(33)34)11-14-24(23)31(25)22-7-3-4-8-22/h1-2,5-6,9-16,20,22H,3-4,7-8H2,(H,29,32)(H,33,34). The number of carboxylic acids is 1. The molecule has 1 heterocycles. The summed E-state index contributed by atoms with van der Waals surface area (Å²) in [5, 5.41) is 12.0. The van der Waals surface area contributed by atoms with E-state index in [2.05, 4.69) is 9.88 Å². The molecular formula is C27H24ClN3O3. The predicted octanol–water partition coefficient (Wildman–Crippen LogP) is 6.11. The van der Waals surface area contributed by atoms with Crippen LogP contribution >= 0.6 is 11.6 Å². The van der Waals surface area contributed by atoms with Gasteiger partial charge in [0.05, 0.1) is 22.0 Å². The van der Waals surface area contributed by atoms with E-state index in [4.69, 9.17) is 16.6 Å². The van der Waals surface area contributed by atoms with E-state index < -0.39 is 5.97 Å². The van der Waals surface area contributed by atoms with Gasteiger partial charge >= 0.3 is 5.97 Å². The minimum atomic E-state index is -0.964. The molecule has 0 radical (unpaired) electrons. The number of hydrogen-bond donors (Lipinski definition) is 2. The number of carboxylic acid groups (broad SMARTS) is 1. The van der Waals surface area contributed by atoms with E-state index in [-0.39, 0.29) is 16.8 Å². The zero-order valence-corrected chi connectivity index (χ0v) is 19.2. The molecule has 2 aliphatic rings. The van der Waals surface area contributed by atoms with Crippen LogP contribution in [-0.2, 0) is 4.79 Å². The van der Waals surface area contributed by atoms with Gasteiger partial charge in [-0.25, -0.2) is 9.78 Å². The number of nitrogens with zero attached hydrogens (tertiary/aromatic N) is 2.